The van der Waals surface area contributed by atoms with Gasteiger partial charge in [-0.15, -0.1) is 5.10 Å². The minimum absolute atomic E-state index is 0.176. The Morgan fingerprint density at radius 3 is 3.05 bits per heavy atom. The number of pyridine rings is 1. The van der Waals surface area contributed by atoms with Crippen LogP contribution in [0, 0.1) is 0 Å². The van der Waals surface area contributed by atoms with Crippen LogP contribution in [0.3, 0.4) is 0 Å². The topological polar surface area (TPSA) is 89.1 Å². The van der Waals surface area contributed by atoms with Crippen LogP contribution in [0.2, 0.25) is 0 Å². The highest BCUT2D eigenvalue weighted by Crippen LogP contribution is 2.07. The number of rotatable bonds is 4. The van der Waals surface area contributed by atoms with Gasteiger partial charge >= 0.3 is 11.7 Å². The summed E-state index contributed by atoms with van der Waals surface area (Å²) in [5.41, 5.74) is 0.366. The second-order valence-corrected chi connectivity index (χ2v) is 4.90. The summed E-state index contributed by atoms with van der Waals surface area (Å²) in [6, 6.07) is 4.68. The van der Waals surface area contributed by atoms with E-state index in [1.807, 2.05) is 11.0 Å². The van der Waals surface area contributed by atoms with Crippen molar-refractivity contribution in [3.8, 4) is 0 Å². The maximum atomic E-state index is 12.1. The molecular formula is C13H16N4O4. The number of aliphatic carboxylic acids is 1. The van der Waals surface area contributed by atoms with E-state index >= 15 is 0 Å². The van der Waals surface area contributed by atoms with E-state index < -0.39 is 12.0 Å². The molecule has 0 aliphatic carbocycles. The summed E-state index contributed by atoms with van der Waals surface area (Å²) in [7, 11) is 0. The molecule has 1 atom stereocenters. The molecule has 2 aromatic heterocycles. The van der Waals surface area contributed by atoms with Gasteiger partial charge in [0.2, 0.25) is 0 Å². The quantitative estimate of drug-likeness (QED) is 0.800. The van der Waals surface area contributed by atoms with Crippen LogP contribution in [-0.2, 0) is 16.1 Å². The maximum Gasteiger partial charge on any atom is 0.350 e. The van der Waals surface area contributed by atoms with Crippen molar-refractivity contribution in [3.05, 3.63) is 34.9 Å². The largest absolute Gasteiger partial charge is 0.480 e. The molecule has 21 heavy (non-hydrogen) atoms. The Labute approximate surface area is 120 Å². The Balaban J connectivity index is 1.75. The van der Waals surface area contributed by atoms with Crippen LogP contribution >= 0.6 is 0 Å². The summed E-state index contributed by atoms with van der Waals surface area (Å²) >= 11 is 0. The molecule has 0 radical (unpaired) electrons. The van der Waals surface area contributed by atoms with E-state index in [0.29, 0.717) is 31.9 Å². The molecule has 0 saturated carbocycles. The zero-order chi connectivity index (χ0) is 14.8. The van der Waals surface area contributed by atoms with Gasteiger partial charge in [-0.05, 0) is 12.1 Å². The van der Waals surface area contributed by atoms with E-state index in [1.54, 1.807) is 18.3 Å². The Hall–Kier alpha value is -2.19. The van der Waals surface area contributed by atoms with Crippen molar-refractivity contribution in [2.75, 3.05) is 26.3 Å². The molecule has 1 saturated heterocycles. The molecule has 112 valence electrons. The number of ether oxygens (including phenoxy) is 1. The minimum Gasteiger partial charge on any atom is -0.480 e. The van der Waals surface area contributed by atoms with Crippen LogP contribution in [-0.4, -0.2) is 62.5 Å². The van der Waals surface area contributed by atoms with Crippen molar-refractivity contribution >= 4 is 11.6 Å². The zero-order valence-corrected chi connectivity index (χ0v) is 11.4. The van der Waals surface area contributed by atoms with Crippen LogP contribution < -0.4 is 5.69 Å². The number of fused-ring (bicyclic) bond motifs is 1. The van der Waals surface area contributed by atoms with Crippen LogP contribution in [0.4, 0.5) is 0 Å². The summed E-state index contributed by atoms with van der Waals surface area (Å²) in [5.74, 6) is -0.906. The lowest BCUT2D eigenvalue weighted by atomic mass is 10.2. The van der Waals surface area contributed by atoms with Crippen molar-refractivity contribution in [2.45, 2.75) is 12.6 Å². The molecule has 8 nitrogen and oxygen atoms in total. The lowest BCUT2D eigenvalue weighted by Gasteiger charge is -2.32. The lowest BCUT2D eigenvalue weighted by molar-refractivity contribution is -0.149. The third-order valence-corrected chi connectivity index (χ3v) is 3.61. The average molecular weight is 292 g/mol. The first-order valence-electron chi connectivity index (χ1n) is 6.75. The summed E-state index contributed by atoms with van der Waals surface area (Å²) in [5, 5.41) is 13.4. The molecule has 1 N–H and O–H groups in total. The first-order chi connectivity index (χ1) is 10.2. The van der Waals surface area contributed by atoms with E-state index in [1.165, 1.54) is 9.08 Å². The van der Waals surface area contributed by atoms with Crippen molar-refractivity contribution in [2.24, 2.45) is 0 Å². The van der Waals surface area contributed by atoms with Crippen molar-refractivity contribution in [1.29, 1.82) is 0 Å². The Kier molecular flexibility index (Phi) is 3.72. The van der Waals surface area contributed by atoms with E-state index in [-0.39, 0.29) is 12.3 Å². The first kappa shape index (κ1) is 13.8. The van der Waals surface area contributed by atoms with Gasteiger partial charge in [0.1, 0.15) is 6.04 Å². The second-order valence-electron chi connectivity index (χ2n) is 4.90. The molecule has 0 aromatic carbocycles. The van der Waals surface area contributed by atoms with Gasteiger partial charge in [0.05, 0.1) is 19.8 Å². The molecule has 3 rings (SSSR count). The second kappa shape index (κ2) is 5.66. The third-order valence-electron chi connectivity index (χ3n) is 3.61. The summed E-state index contributed by atoms with van der Waals surface area (Å²) in [6.45, 7) is 2.02. The number of morpholine rings is 1. The van der Waals surface area contributed by atoms with Crippen LogP contribution in [0.25, 0.3) is 5.65 Å². The number of nitrogens with zero attached hydrogens (tertiary/aromatic N) is 4. The number of carbonyl (C=O) groups is 1. The molecule has 8 heteroatoms. The molecular weight excluding hydrogens is 276 g/mol. The highest BCUT2D eigenvalue weighted by molar-refractivity contribution is 5.73. The monoisotopic (exact) mass is 292 g/mol. The third kappa shape index (κ3) is 2.67. The van der Waals surface area contributed by atoms with Gasteiger partial charge < -0.3 is 9.84 Å². The highest BCUT2D eigenvalue weighted by atomic mass is 16.5. The SMILES string of the molecule is O=C(O)C1COCCN1CCn1nc2ccccn2c1=O. The fourth-order valence-electron chi connectivity index (χ4n) is 2.47. The molecule has 1 fully saturated rings. The average Bonchev–Trinajstić information content (AvgIpc) is 2.82. The number of carboxylic acids is 1. The minimum atomic E-state index is -0.906. The van der Waals surface area contributed by atoms with Gasteiger partial charge in [0, 0.05) is 19.3 Å². The Bertz CT molecular complexity index is 708. The summed E-state index contributed by atoms with van der Waals surface area (Å²) < 4.78 is 8.02. The molecule has 2 aromatic rings. The van der Waals surface area contributed by atoms with E-state index in [2.05, 4.69) is 5.10 Å². The van der Waals surface area contributed by atoms with Gasteiger partial charge in [-0.3, -0.25) is 14.1 Å². The van der Waals surface area contributed by atoms with E-state index in [0.717, 1.165) is 0 Å². The maximum absolute atomic E-state index is 12.1. The molecule has 0 bridgehead atoms. The van der Waals surface area contributed by atoms with E-state index in [4.69, 9.17) is 9.84 Å². The highest BCUT2D eigenvalue weighted by Gasteiger charge is 2.28. The molecule has 0 amide bonds. The number of hydrogen-bond donors (Lipinski definition) is 1. The van der Waals surface area contributed by atoms with Gasteiger partial charge in [-0.2, -0.15) is 0 Å². The molecule has 1 aliphatic heterocycles. The summed E-state index contributed by atoms with van der Waals surface area (Å²) in [6.07, 6.45) is 1.66. The van der Waals surface area contributed by atoms with Gasteiger partial charge in [-0.25, -0.2) is 9.48 Å². The summed E-state index contributed by atoms with van der Waals surface area (Å²) in [4.78, 5) is 25.1. The number of hydrogen-bond acceptors (Lipinski definition) is 5. The van der Waals surface area contributed by atoms with Gasteiger partial charge in [-0.1, -0.05) is 6.07 Å². The molecule has 1 aliphatic rings. The fourth-order valence-corrected chi connectivity index (χ4v) is 2.47. The fraction of sp³-hybridized carbons (Fsp3) is 0.462. The van der Waals surface area contributed by atoms with E-state index in [9.17, 15) is 9.59 Å². The van der Waals surface area contributed by atoms with Gasteiger partial charge in [0.15, 0.2) is 5.65 Å². The molecule has 1 unspecified atom stereocenters. The normalized spacial score (nSPS) is 19.9. The molecule has 3 heterocycles. The number of carboxylic acid groups (broad SMARTS) is 1. The van der Waals surface area contributed by atoms with Crippen molar-refractivity contribution < 1.29 is 14.6 Å². The van der Waals surface area contributed by atoms with Crippen LogP contribution in [0.15, 0.2) is 29.2 Å². The van der Waals surface area contributed by atoms with Gasteiger partial charge in [0.25, 0.3) is 0 Å². The van der Waals surface area contributed by atoms with Crippen molar-refractivity contribution in [1.82, 2.24) is 19.1 Å². The standard InChI is InChI=1S/C13H16N4O4/c18-12(19)10-9-21-8-7-15(10)5-6-17-13(20)16-4-2-1-3-11(16)14-17/h1-4,10H,5-9H2,(H,18,19). The molecule has 0 spiro atoms. The van der Waals surface area contributed by atoms with Crippen molar-refractivity contribution in [3.63, 3.8) is 0 Å². The zero-order valence-electron chi connectivity index (χ0n) is 11.4. The predicted molar refractivity (Wildman–Crippen MR) is 73.3 cm³/mol. The predicted octanol–water partition coefficient (Wildman–Crippen LogP) is -0.719. The Morgan fingerprint density at radius 1 is 1.43 bits per heavy atom. The lowest BCUT2D eigenvalue weighted by Crippen LogP contribution is -2.51. The smallest absolute Gasteiger partial charge is 0.350 e. The first-order valence-corrected chi connectivity index (χ1v) is 6.75. The number of aromatic nitrogens is 3. The Morgan fingerprint density at radius 2 is 2.29 bits per heavy atom. The van der Waals surface area contributed by atoms with Crippen LogP contribution in [0.5, 0.6) is 0 Å². The van der Waals surface area contributed by atoms with Crippen LogP contribution in [0.1, 0.15) is 0 Å².